The summed E-state index contributed by atoms with van der Waals surface area (Å²) in [5, 5.41) is 65.5. The molecule has 4 aliphatic carbocycles. The second-order valence-electron chi connectivity index (χ2n) is 13.2. The summed E-state index contributed by atoms with van der Waals surface area (Å²) in [6.07, 6.45) is 2.11. The lowest BCUT2D eigenvalue weighted by Gasteiger charge is -2.60. The van der Waals surface area contributed by atoms with Gasteiger partial charge >= 0.3 is 0 Å². The van der Waals surface area contributed by atoms with E-state index in [-0.39, 0.29) is 36.4 Å². The van der Waals surface area contributed by atoms with Gasteiger partial charge in [0.05, 0.1) is 35.1 Å². The van der Waals surface area contributed by atoms with Crippen LogP contribution in [-0.2, 0) is 4.79 Å². The molecule has 3 saturated carbocycles. The highest BCUT2D eigenvalue weighted by Crippen LogP contribution is 2.68. The first-order valence-corrected chi connectivity index (χ1v) is 12.9. The Morgan fingerprint density at radius 1 is 1.06 bits per heavy atom. The van der Waals surface area contributed by atoms with Gasteiger partial charge in [-0.05, 0) is 101 Å². The molecule has 3 fully saturated rings. The third-order valence-corrected chi connectivity index (χ3v) is 10.5. The molecular formula is C27H44O7. The number of allylic oxidation sites excluding steroid dienone is 1. The Kier molecular flexibility index (Phi) is 6.24. The fourth-order valence-corrected chi connectivity index (χ4v) is 8.32. The topological polar surface area (TPSA) is 138 Å². The van der Waals surface area contributed by atoms with Crippen molar-refractivity contribution in [2.24, 2.45) is 28.6 Å². The fourth-order valence-electron chi connectivity index (χ4n) is 8.32. The Bertz CT molecular complexity index is 860. The highest BCUT2D eigenvalue weighted by molar-refractivity contribution is 5.95. The molecule has 0 aromatic heterocycles. The maximum absolute atomic E-state index is 13.2. The third-order valence-electron chi connectivity index (χ3n) is 10.5. The van der Waals surface area contributed by atoms with Crippen LogP contribution in [0.3, 0.4) is 0 Å². The van der Waals surface area contributed by atoms with E-state index in [0.29, 0.717) is 44.1 Å². The average molecular weight is 481 g/mol. The molecule has 0 heterocycles. The van der Waals surface area contributed by atoms with Crippen LogP contribution >= 0.6 is 0 Å². The number of aliphatic hydroxyl groups is 6. The number of ketones is 1. The fraction of sp³-hybridized carbons (Fsp3) is 0.889. The minimum absolute atomic E-state index is 0.0840. The molecule has 0 saturated heterocycles. The van der Waals surface area contributed by atoms with Crippen molar-refractivity contribution in [1.29, 1.82) is 0 Å². The molecule has 7 nitrogen and oxygen atoms in total. The van der Waals surface area contributed by atoms with Crippen LogP contribution < -0.4 is 0 Å². The molecule has 34 heavy (non-hydrogen) atoms. The molecule has 0 aromatic rings. The van der Waals surface area contributed by atoms with Crippen LogP contribution in [0.4, 0.5) is 0 Å². The summed E-state index contributed by atoms with van der Waals surface area (Å²) in [5.41, 5.74) is -4.27. The van der Waals surface area contributed by atoms with Crippen molar-refractivity contribution >= 4 is 5.78 Å². The molecule has 4 rings (SSSR count). The monoisotopic (exact) mass is 480 g/mol. The van der Waals surface area contributed by atoms with Gasteiger partial charge in [-0.3, -0.25) is 4.79 Å². The van der Waals surface area contributed by atoms with Gasteiger partial charge in [-0.1, -0.05) is 13.8 Å². The molecule has 7 heteroatoms. The molecule has 0 unspecified atom stereocenters. The largest absolute Gasteiger partial charge is 0.390 e. The molecule has 10 atom stereocenters. The molecule has 0 spiro atoms. The Labute approximate surface area is 202 Å². The number of carbonyl (C=O) groups excluding carboxylic acids is 1. The minimum Gasteiger partial charge on any atom is -0.390 e. The van der Waals surface area contributed by atoms with E-state index < -0.39 is 45.9 Å². The molecule has 0 radical (unpaired) electrons. The SMILES string of the molecule is CC(C)(O)CC[C@H](O)[C@](C)(O)[C@@H]1CC[C@]2(O)C3=CC(=O)[C@@H]4C[C@H](O)[C@H](O)C[C@]4(C)[C@@H]3CC[C@@]12C. The third kappa shape index (κ3) is 3.73. The van der Waals surface area contributed by atoms with Crippen LogP contribution in [0, 0.1) is 28.6 Å². The molecular weight excluding hydrogens is 436 g/mol. The quantitative estimate of drug-likeness (QED) is 0.353. The summed E-state index contributed by atoms with van der Waals surface area (Å²) in [5.74, 6) is -0.948. The Morgan fingerprint density at radius 2 is 1.71 bits per heavy atom. The summed E-state index contributed by atoms with van der Waals surface area (Å²) in [6.45, 7) is 8.96. The highest BCUT2D eigenvalue weighted by Gasteiger charge is 2.69. The van der Waals surface area contributed by atoms with Gasteiger partial charge in [-0.2, -0.15) is 0 Å². The molecule has 0 amide bonds. The standard InChI is InChI=1S/C27H44O7/c1-23(2,32)9-8-22(31)26(5,33)21-7-11-27(34)16-12-18(28)17-13-19(29)20(30)14-24(17,3)15(16)6-10-25(21,27)4/h12,15,17,19-22,29-34H,6-11,13-14H2,1-5H3/t15-,17+,19+,20-,21-,22+,24-,25+,26-,27+/m1/s1. The van der Waals surface area contributed by atoms with E-state index in [1.807, 2.05) is 13.8 Å². The minimum atomic E-state index is -1.46. The second-order valence-corrected chi connectivity index (χ2v) is 13.2. The van der Waals surface area contributed by atoms with Crippen LogP contribution in [0.25, 0.3) is 0 Å². The number of fused-ring (bicyclic) bond motifs is 5. The zero-order valence-electron chi connectivity index (χ0n) is 21.3. The van der Waals surface area contributed by atoms with Crippen molar-refractivity contribution in [3.05, 3.63) is 11.6 Å². The normalized spacial score (nSPS) is 47.2. The number of hydrogen-bond acceptors (Lipinski definition) is 7. The van der Waals surface area contributed by atoms with Crippen molar-refractivity contribution in [3.63, 3.8) is 0 Å². The van der Waals surface area contributed by atoms with Gasteiger partial charge in [0.25, 0.3) is 0 Å². The number of hydrogen-bond donors (Lipinski definition) is 6. The summed E-state index contributed by atoms with van der Waals surface area (Å²) in [4.78, 5) is 13.2. The van der Waals surface area contributed by atoms with Gasteiger partial charge in [0.15, 0.2) is 5.78 Å². The van der Waals surface area contributed by atoms with Crippen LogP contribution in [-0.4, -0.2) is 71.5 Å². The predicted octanol–water partition coefficient (Wildman–Crippen LogP) is 1.85. The molecule has 0 aliphatic heterocycles. The maximum atomic E-state index is 13.2. The maximum Gasteiger partial charge on any atom is 0.159 e. The van der Waals surface area contributed by atoms with E-state index in [0.717, 1.165) is 0 Å². The van der Waals surface area contributed by atoms with E-state index in [9.17, 15) is 35.4 Å². The summed E-state index contributed by atoms with van der Waals surface area (Å²) in [6, 6.07) is 0. The van der Waals surface area contributed by atoms with Crippen LogP contribution in [0.5, 0.6) is 0 Å². The van der Waals surface area contributed by atoms with Crippen molar-refractivity contribution in [2.75, 3.05) is 0 Å². The molecule has 6 N–H and O–H groups in total. The van der Waals surface area contributed by atoms with E-state index >= 15 is 0 Å². The van der Waals surface area contributed by atoms with Gasteiger partial charge in [0, 0.05) is 11.3 Å². The van der Waals surface area contributed by atoms with Crippen molar-refractivity contribution < 1.29 is 35.4 Å². The smallest absolute Gasteiger partial charge is 0.159 e. The Balaban J connectivity index is 1.66. The summed E-state index contributed by atoms with van der Waals surface area (Å²) >= 11 is 0. The number of rotatable bonds is 5. The zero-order valence-corrected chi connectivity index (χ0v) is 21.3. The predicted molar refractivity (Wildman–Crippen MR) is 127 cm³/mol. The summed E-state index contributed by atoms with van der Waals surface area (Å²) < 4.78 is 0. The Hall–Kier alpha value is -0.830. The summed E-state index contributed by atoms with van der Waals surface area (Å²) in [7, 11) is 0. The molecule has 4 aliphatic rings. The Morgan fingerprint density at radius 3 is 2.32 bits per heavy atom. The van der Waals surface area contributed by atoms with Crippen LogP contribution in [0.2, 0.25) is 0 Å². The van der Waals surface area contributed by atoms with Crippen molar-refractivity contribution in [2.45, 2.75) is 121 Å². The molecule has 194 valence electrons. The van der Waals surface area contributed by atoms with Crippen molar-refractivity contribution in [1.82, 2.24) is 0 Å². The van der Waals surface area contributed by atoms with E-state index in [4.69, 9.17) is 0 Å². The van der Waals surface area contributed by atoms with Gasteiger partial charge in [0.2, 0.25) is 0 Å². The van der Waals surface area contributed by atoms with Gasteiger partial charge in [-0.25, -0.2) is 0 Å². The number of carbonyl (C=O) groups is 1. The van der Waals surface area contributed by atoms with Gasteiger partial charge < -0.3 is 30.6 Å². The van der Waals surface area contributed by atoms with Crippen molar-refractivity contribution in [3.8, 4) is 0 Å². The lowest BCUT2D eigenvalue weighted by Crippen LogP contribution is -2.62. The van der Waals surface area contributed by atoms with Crippen LogP contribution in [0.15, 0.2) is 11.6 Å². The lowest BCUT2D eigenvalue weighted by molar-refractivity contribution is -0.177. The van der Waals surface area contributed by atoms with Crippen LogP contribution in [0.1, 0.15) is 86.0 Å². The van der Waals surface area contributed by atoms with E-state index in [1.54, 1.807) is 26.8 Å². The van der Waals surface area contributed by atoms with Gasteiger partial charge in [0.1, 0.15) is 0 Å². The first-order valence-electron chi connectivity index (χ1n) is 12.9. The first-order chi connectivity index (χ1) is 15.5. The van der Waals surface area contributed by atoms with Gasteiger partial charge in [-0.15, -0.1) is 0 Å². The molecule has 0 aromatic carbocycles. The highest BCUT2D eigenvalue weighted by atomic mass is 16.3. The van der Waals surface area contributed by atoms with E-state index in [2.05, 4.69) is 0 Å². The molecule has 0 bridgehead atoms. The first kappa shape index (κ1) is 26.2. The number of aliphatic hydroxyl groups excluding tert-OH is 3. The lowest BCUT2D eigenvalue weighted by atomic mass is 9.45. The van der Waals surface area contributed by atoms with E-state index in [1.165, 1.54) is 0 Å². The second kappa shape index (κ2) is 8.09. The average Bonchev–Trinajstić information content (AvgIpc) is 3.00. The zero-order chi connectivity index (χ0) is 25.5.